The van der Waals surface area contributed by atoms with Crippen molar-refractivity contribution >= 4 is 32.5 Å². The number of anilines is 1. The highest BCUT2D eigenvalue weighted by molar-refractivity contribution is 7.92. The van der Waals surface area contributed by atoms with Crippen molar-refractivity contribution in [3.8, 4) is 11.5 Å². The van der Waals surface area contributed by atoms with Gasteiger partial charge in [0.25, 0.3) is 0 Å². The van der Waals surface area contributed by atoms with Crippen LogP contribution >= 0.6 is 11.6 Å². The first-order valence-electron chi connectivity index (χ1n) is 7.31. The molecular formula is C17H19ClN2O4S. The molecule has 0 saturated heterocycles. The lowest BCUT2D eigenvalue weighted by Crippen LogP contribution is -2.09. The highest BCUT2D eigenvalue weighted by atomic mass is 35.5. The molecule has 0 aliphatic rings. The maximum absolute atomic E-state index is 11.2. The lowest BCUT2D eigenvalue weighted by Gasteiger charge is -2.09. The van der Waals surface area contributed by atoms with Gasteiger partial charge in [-0.3, -0.25) is 9.71 Å². The van der Waals surface area contributed by atoms with Crippen LogP contribution in [0.25, 0.3) is 0 Å². The Morgan fingerprint density at radius 1 is 1.08 bits per heavy atom. The van der Waals surface area contributed by atoms with E-state index < -0.39 is 10.0 Å². The number of ether oxygens (including phenoxy) is 2. The van der Waals surface area contributed by atoms with E-state index in [2.05, 4.69) is 9.71 Å². The van der Waals surface area contributed by atoms with Crippen LogP contribution in [0, 0.1) is 0 Å². The van der Waals surface area contributed by atoms with Crippen LogP contribution in [0.2, 0.25) is 0 Å². The van der Waals surface area contributed by atoms with Crippen LogP contribution in [-0.4, -0.2) is 34.1 Å². The number of halogens is 1. The summed E-state index contributed by atoms with van der Waals surface area (Å²) in [7, 11) is -0.166. The van der Waals surface area contributed by atoms with E-state index in [1.807, 2.05) is 0 Å². The number of rotatable bonds is 7. The fourth-order valence-electron chi connectivity index (χ4n) is 2.11. The predicted octanol–water partition coefficient (Wildman–Crippen LogP) is 3.26. The van der Waals surface area contributed by atoms with Crippen molar-refractivity contribution in [3.63, 3.8) is 0 Å². The Morgan fingerprint density at radius 2 is 1.72 bits per heavy atom. The number of hydrogen-bond acceptors (Lipinski definition) is 5. The van der Waals surface area contributed by atoms with Crippen molar-refractivity contribution in [2.24, 2.45) is 4.99 Å². The molecule has 0 bridgehead atoms. The van der Waals surface area contributed by atoms with Crippen LogP contribution in [0.3, 0.4) is 0 Å². The number of hydrogen-bond donors (Lipinski definition) is 1. The number of aliphatic imine (C=N–C) groups is 1. The SMILES string of the molecule is COc1ccc(/C(Cl)=N/Cc2ccc(NS(C)(=O)=O)cc2)cc1OC. The Bertz CT molecular complexity index is 865. The molecule has 134 valence electrons. The molecule has 25 heavy (non-hydrogen) atoms. The van der Waals surface area contributed by atoms with Gasteiger partial charge in [0.2, 0.25) is 10.0 Å². The number of sulfonamides is 1. The number of nitrogens with one attached hydrogen (secondary N) is 1. The summed E-state index contributed by atoms with van der Waals surface area (Å²) in [5.74, 6) is 1.19. The molecule has 0 unspecified atom stereocenters. The quantitative estimate of drug-likeness (QED) is 0.745. The van der Waals surface area contributed by atoms with Crippen LogP contribution in [0.1, 0.15) is 11.1 Å². The molecule has 1 N–H and O–H groups in total. The van der Waals surface area contributed by atoms with Gasteiger partial charge in [0.15, 0.2) is 11.5 Å². The molecule has 0 aromatic heterocycles. The second kappa shape index (κ2) is 8.22. The average molecular weight is 383 g/mol. The largest absolute Gasteiger partial charge is 0.493 e. The molecule has 2 aromatic carbocycles. The Kier molecular flexibility index (Phi) is 6.27. The second-order valence-corrected chi connectivity index (χ2v) is 7.35. The molecule has 0 amide bonds. The van der Waals surface area contributed by atoms with E-state index in [4.69, 9.17) is 21.1 Å². The third-order valence-electron chi connectivity index (χ3n) is 3.28. The van der Waals surface area contributed by atoms with Crippen LogP contribution in [-0.2, 0) is 16.6 Å². The highest BCUT2D eigenvalue weighted by Crippen LogP contribution is 2.28. The smallest absolute Gasteiger partial charge is 0.229 e. The zero-order valence-electron chi connectivity index (χ0n) is 14.1. The minimum absolute atomic E-state index is 0.347. The van der Waals surface area contributed by atoms with Gasteiger partial charge in [-0.1, -0.05) is 23.7 Å². The normalized spacial score (nSPS) is 11.9. The summed E-state index contributed by atoms with van der Waals surface area (Å²) in [6.45, 7) is 0.367. The fourth-order valence-corrected chi connectivity index (χ4v) is 2.85. The Balaban J connectivity index is 2.10. The van der Waals surface area contributed by atoms with Crippen molar-refractivity contribution in [1.82, 2.24) is 0 Å². The molecule has 6 nitrogen and oxygen atoms in total. The monoisotopic (exact) mass is 382 g/mol. The van der Waals surface area contributed by atoms with Crippen molar-refractivity contribution in [1.29, 1.82) is 0 Å². The van der Waals surface area contributed by atoms with E-state index in [9.17, 15) is 8.42 Å². The molecule has 2 aromatic rings. The zero-order chi connectivity index (χ0) is 18.4. The van der Waals surface area contributed by atoms with Gasteiger partial charge in [-0.15, -0.1) is 0 Å². The summed E-state index contributed by atoms with van der Waals surface area (Å²) in [4.78, 5) is 4.35. The van der Waals surface area contributed by atoms with E-state index in [1.54, 1.807) is 56.7 Å². The van der Waals surface area contributed by atoms with Gasteiger partial charge < -0.3 is 9.47 Å². The fraction of sp³-hybridized carbons (Fsp3) is 0.235. The molecule has 0 aliphatic carbocycles. The van der Waals surface area contributed by atoms with Crippen molar-refractivity contribution in [2.75, 3.05) is 25.2 Å². The van der Waals surface area contributed by atoms with Gasteiger partial charge >= 0.3 is 0 Å². The van der Waals surface area contributed by atoms with Gasteiger partial charge in [0.1, 0.15) is 5.17 Å². The number of benzene rings is 2. The van der Waals surface area contributed by atoms with Gasteiger partial charge in [-0.2, -0.15) is 0 Å². The standard InChI is InChI=1S/C17H19ClN2O4S/c1-23-15-9-6-13(10-16(15)24-2)17(18)19-11-12-4-7-14(8-5-12)20-25(3,21)22/h4-10,20H,11H2,1-3H3/b19-17-. The molecule has 0 spiro atoms. The van der Waals surface area contributed by atoms with Gasteiger partial charge in [0, 0.05) is 11.3 Å². The first-order chi connectivity index (χ1) is 11.8. The molecular weight excluding hydrogens is 364 g/mol. The zero-order valence-corrected chi connectivity index (χ0v) is 15.7. The lowest BCUT2D eigenvalue weighted by atomic mass is 10.2. The van der Waals surface area contributed by atoms with Crippen molar-refractivity contribution in [2.45, 2.75) is 6.54 Å². The van der Waals surface area contributed by atoms with Crippen molar-refractivity contribution in [3.05, 3.63) is 53.6 Å². The predicted molar refractivity (Wildman–Crippen MR) is 101 cm³/mol. The van der Waals surface area contributed by atoms with Gasteiger partial charge in [0.05, 0.1) is 27.0 Å². The number of nitrogens with zero attached hydrogens (tertiary/aromatic N) is 1. The van der Waals surface area contributed by atoms with E-state index in [0.717, 1.165) is 17.4 Å². The summed E-state index contributed by atoms with van der Waals surface area (Å²) in [5.41, 5.74) is 2.12. The minimum Gasteiger partial charge on any atom is -0.493 e. The third kappa shape index (κ3) is 5.65. The lowest BCUT2D eigenvalue weighted by molar-refractivity contribution is 0.355. The molecule has 0 fully saturated rings. The Hall–Kier alpha value is -2.25. The molecule has 0 atom stereocenters. The van der Waals surface area contributed by atoms with E-state index in [0.29, 0.717) is 28.9 Å². The topological polar surface area (TPSA) is 77.0 Å². The molecule has 0 aliphatic heterocycles. The van der Waals surface area contributed by atoms with Crippen LogP contribution < -0.4 is 14.2 Å². The van der Waals surface area contributed by atoms with Crippen LogP contribution in [0.5, 0.6) is 11.5 Å². The maximum Gasteiger partial charge on any atom is 0.229 e. The summed E-state index contributed by atoms with van der Waals surface area (Å²) in [5, 5.41) is 0.347. The molecule has 2 rings (SSSR count). The molecule has 0 heterocycles. The van der Waals surface area contributed by atoms with Gasteiger partial charge in [-0.25, -0.2) is 8.42 Å². The second-order valence-electron chi connectivity index (χ2n) is 5.25. The molecule has 0 radical (unpaired) electrons. The Labute approximate surface area is 152 Å². The first kappa shape index (κ1) is 19.1. The number of methoxy groups -OCH3 is 2. The van der Waals surface area contributed by atoms with Gasteiger partial charge in [-0.05, 0) is 35.9 Å². The highest BCUT2D eigenvalue weighted by Gasteiger charge is 2.08. The van der Waals surface area contributed by atoms with E-state index >= 15 is 0 Å². The first-order valence-corrected chi connectivity index (χ1v) is 9.58. The summed E-state index contributed by atoms with van der Waals surface area (Å²) >= 11 is 6.26. The Morgan fingerprint density at radius 3 is 2.28 bits per heavy atom. The summed E-state index contributed by atoms with van der Waals surface area (Å²) in [6.07, 6.45) is 1.11. The summed E-state index contributed by atoms with van der Waals surface area (Å²) in [6, 6.07) is 12.2. The van der Waals surface area contributed by atoms with E-state index in [1.165, 1.54) is 0 Å². The molecule has 8 heteroatoms. The van der Waals surface area contributed by atoms with Crippen molar-refractivity contribution < 1.29 is 17.9 Å². The van der Waals surface area contributed by atoms with Crippen LogP contribution in [0.4, 0.5) is 5.69 Å². The van der Waals surface area contributed by atoms with Crippen LogP contribution in [0.15, 0.2) is 47.5 Å². The third-order valence-corrected chi connectivity index (χ3v) is 4.22. The maximum atomic E-state index is 11.2. The molecule has 0 saturated carbocycles. The summed E-state index contributed by atoms with van der Waals surface area (Å²) < 4.78 is 35.2. The minimum atomic E-state index is -3.28. The van der Waals surface area contributed by atoms with E-state index in [-0.39, 0.29) is 0 Å². The average Bonchev–Trinajstić information content (AvgIpc) is 2.58.